The van der Waals surface area contributed by atoms with E-state index in [1.807, 2.05) is 42.8 Å². The van der Waals surface area contributed by atoms with Gasteiger partial charge in [-0.05, 0) is 38.3 Å². The number of halogens is 1. The minimum atomic E-state index is -0.148. The summed E-state index contributed by atoms with van der Waals surface area (Å²) < 4.78 is 1.88. The molecule has 0 saturated heterocycles. The first-order valence-electron chi connectivity index (χ1n) is 8.39. The van der Waals surface area contributed by atoms with Gasteiger partial charge in [0.15, 0.2) is 0 Å². The van der Waals surface area contributed by atoms with Crippen LogP contribution in [0, 0.1) is 13.8 Å². The van der Waals surface area contributed by atoms with Crippen LogP contribution in [0.5, 0.6) is 0 Å². The second-order valence-corrected chi connectivity index (χ2v) is 6.78. The average molecular weight is 347 g/mol. The van der Waals surface area contributed by atoms with Gasteiger partial charge < -0.3 is 10.6 Å². The summed E-state index contributed by atoms with van der Waals surface area (Å²) in [6, 6.07) is 7.87. The molecule has 2 amide bonds. The van der Waals surface area contributed by atoms with Crippen LogP contribution in [-0.2, 0) is 6.54 Å². The molecule has 1 heterocycles. The third kappa shape index (κ3) is 3.73. The molecule has 128 valence electrons. The number of amides is 2. The Hall–Kier alpha value is -2.01. The quantitative estimate of drug-likeness (QED) is 0.868. The summed E-state index contributed by atoms with van der Waals surface area (Å²) in [7, 11) is 0. The predicted octanol–water partition coefficient (Wildman–Crippen LogP) is 4.27. The number of hydrogen-bond acceptors (Lipinski definition) is 2. The van der Waals surface area contributed by atoms with Crippen molar-refractivity contribution in [2.75, 3.05) is 5.32 Å². The highest BCUT2D eigenvalue weighted by Gasteiger charge is 2.19. The summed E-state index contributed by atoms with van der Waals surface area (Å²) in [5, 5.41) is 11.3. The number of aryl methyl sites for hydroxylation is 1. The van der Waals surface area contributed by atoms with Gasteiger partial charge in [0.1, 0.15) is 0 Å². The fourth-order valence-corrected chi connectivity index (χ4v) is 3.42. The van der Waals surface area contributed by atoms with E-state index in [-0.39, 0.29) is 6.03 Å². The highest BCUT2D eigenvalue weighted by molar-refractivity contribution is 6.31. The molecule has 1 fully saturated rings. The van der Waals surface area contributed by atoms with Gasteiger partial charge in [-0.25, -0.2) is 4.79 Å². The largest absolute Gasteiger partial charge is 0.335 e. The zero-order valence-electron chi connectivity index (χ0n) is 14.1. The molecule has 0 spiro atoms. The van der Waals surface area contributed by atoms with E-state index in [4.69, 9.17) is 11.6 Å². The summed E-state index contributed by atoms with van der Waals surface area (Å²) in [4.78, 5) is 12.2. The smallest absolute Gasteiger partial charge is 0.319 e. The molecule has 0 atom stereocenters. The van der Waals surface area contributed by atoms with Gasteiger partial charge in [0.05, 0.1) is 23.6 Å². The van der Waals surface area contributed by atoms with E-state index >= 15 is 0 Å². The monoisotopic (exact) mass is 346 g/mol. The van der Waals surface area contributed by atoms with Gasteiger partial charge in [0.25, 0.3) is 0 Å². The molecule has 1 aromatic heterocycles. The highest BCUT2D eigenvalue weighted by atomic mass is 35.5. The molecule has 2 aromatic rings. The van der Waals surface area contributed by atoms with Gasteiger partial charge in [-0.15, -0.1) is 0 Å². The molecule has 1 aliphatic carbocycles. The molecule has 5 nitrogen and oxygen atoms in total. The number of hydrogen-bond donors (Lipinski definition) is 2. The summed E-state index contributed by atoms with van der Waals surface area (Å²) in [5.41, 5.74) is 3.51. The van der Waals surface area contributed by atoms with Crippen LogP contribution >= 0.6 is 11.6 Å². The van der Waals surface area contributed by atoms with E-state index in [1.54, 1.807) is 0 Å². The maximum absolute atomic E-state index is 12.2. The van der Waals surface area contributed by atoms with E-state index in [9.17, 15) is 4.79 Å². The number of carbonyl (C=O) groups is 1. The van der Waals surface area contributed by atoms with Crippen molar-refractivity contribution in [3.63, 3.8) is 0 Å². The maximum Gasteiger partial charge on any atom is 0.319 e. The molecule has 1 saturated carbocycles. The number of nitrogens with zero attached hydrogens (tertiary/aromatic N) is 2. The number of nitrogens with one attached hydrogen (secondary N) is 2. The lowest BCUT2D eigenvalue weighted by atomic mass is 10.2. The minimum absolute atomic E-state index is 0.148. The Morgan fingerprint density at radius 1 is 1.29 bits per heavy atom. The molecule has 1 aromatic carbocycles. The maximum atomic E-state index is 12.2. The van der Waals surface area contributed by atoms with E-state index < -0.39 is 0 Å². The number of anilines is 1. The molecule has 0 bridgehead atoms. The Bertz CT molecular complexity index is 735. The van der Waals surface area contributed by atoms with Crippen molar-refractivity contribution in [2.24, 2.45) is 0 Å². The van der Waals surface area contributed by atoms with Gasteiger partial charge in [-0.1, -0.05) is 42.6 Å². The Kier molecular flexibility index (Phi) is 5.09. The standard InChI is InChI=1S/C18H23ClN4O/c1-12-17(21-18(24)20-15-8-4-5-9-15)13(2)23(22-12)11-14-7-3-6-10-16(14)19/h3,6-7,10,15H,4-5,8-9,11H2,1-2H3,(H2,20,21,24). The van der Waals surface area contributed by atoms with E-state index in [0.717, 1.165) is 40.5 Å². The number of benzene rings is 1. The first kappa shape index (κ1) is 16.8. The van der Waals surface area contributed by atoms with Crippen LogP contribution in [0.4, 0.5) is 10.5 Å². The van der Waals surface area contributed by atoms with Crippen LogP contribution in [0.2, 0.25) is 5.02 Å². The predicted molar refractivity (Wildman–Crippen MR) is 96.7 cm³/mol. The second kappa shape index (κ2) is 7.26. The lowest BCUT2D eigenvalue weighted by Gasteiger charge is -2.13. The van der Waals surface area contributed by atoms with Crippen LogP contribution in [-0.4, -0.2) is 21.9 Å². The highest BCUT2D eigenvalue weighted by Crippen LogP contribution is 2.23. The summed E-state index contributed by atoms with van der Waals surface area (Å²) in [5.74, 6) is 0. The molecule has 6 heteroatoms. The lowest BCUT2D eigenvalue weighted by molar-refractivity contribution is 0.248. The molecule has 0 unspecified atom stereocenters. The van der Waals surface area contributed by atoms with Crippen molar-refractivity contribution >= 4 is 23.3 Å². The number of rotatable bonds is 4. The zero-order chi connectivity index (χ0) is 17.1. The number of carbonyl (C=O) groups excluding carboxylic acids is 1. The average Bonchev–Trinajstić information content (AvgIpc) is 3.14. The van der Waals surface area contributed by atoms with Crippen LogP contribution in [0.15, 0.2) is 24.3 Å². The van der Waals surface area contributed by atoms with Gasteiger partial charge >= 0.3 is 6.03 Å². The summed E-state index contributed by atoms with van der Waals surface area (Å²) in [6.07, 6.45) is 4.52. The van der Waals surface area contributed by atoms with Crippen molar-refractivity contribution in [1.29, 1.82) is 0 Å². The van der Waals surface area contributed by atoms with E-state index in [2.05, 4.69) is 15.7 Å². The SMILES string of the molecule is Cc1nn(Cc2ccccc2Cl)c(C)c1NC(=O)NC1CCCC1. The number of aromatic nitrogens is 2. The van der Waals surface area contributed by atoms with Crippen molar-refractivity contribution < 1.29 is 4.79 Å². The normalized spacial score (nSPS) is 14.8. The summed E-state index contributed by atoms with van der Waals surface area (Å²) in [6.45, 7) is 4.45. The Balaban J connectivity index is 1.71. The first-order valence-corrected chi connectivity index (χ1v) is 8.77. The molecule has 1 aliphatic rings. The summed E-state index contributed by atoms with van der Waals surface area (Å²) >= 11 is 6.23. The Morgan fingerprint density at radius 3 is 2.71 bits per heavy atom. The molecular weight excluding hydrogens is 324 g/mol. The van der Waals surface area contributed by atoms with Gasteiger partial charge in [0, 0.05) is 11.1 Å². The van der Waals surface area contributed by atoms with Crippen LogP contribution < -0.4 is 10.6 Å². The Morgan fingerprint density at radius 2 is 2.00 bits per heavy atom. The third-order valence-electron chi connectivity index (χ3n) is 4.59. The molecule has 2 N–H and O–H groups in total. The van der Waals surface area contributed by atoms with E-state index in [0.29, 0.717) is 12.6 Å². The fourth-order valence-electron chi connectivity index (χ4n) is 3.22. The third-order valence-corrected chi connectivity index (χ3v) is 4.96. The number of urea groups is 1. The van der Waals surface area contributed by atoms with Crippen molar-refractivity contribution in [2.45, 2.75) is 52.1 Å². The van der Waals surface area contributed by atoms with Crippen LogP contribution in [0.3, 0.4) is 0 Å². The van der Waals surface area contributed by atoms with Crippen LogP contribution in [0.1, 0.15) is 42.6 Å². The topological polar surface area (TPSA) is 59.0 Å². The Labute approximate surface area is 147 Å². The molecule has 0 radical (unpaired) electrons. The lowest BCUT2D eigenvalue weighted by Crippen LogP contribution is -2.36. The van der Waals surface area contributed by atoms with Crippen LogP contribution in [0.25, 0.3) is 0 Å². The fraction of sp³-hybridized carbons (Fsp3) is 0.444. The second-order valence-electron chi connectivity index (χ2n) is 6.37. The first-order chi connectivity index (χ1) is 11.5. The molecule has 24 heavy (non-hydrogen) atoms. The molecule has 3 rings (SSSR count). The van der Waals surface area contributed by atoms with E-state index in [1.165, 1.54) is 12.8 Å². The zero-order valence-corrected chi connectivity index (χ0v) is 14.9. The molecule has 0 aliphatic heterocycles. The van der Waals surface area contributed by atoms with Crippen molar-refractivity contribution in [3.8, 4) is 0 Å². The molecular formula is C18H23ClN4O. The van der Waals surface area contributed by atoms with Gasteiger partial charge in [-0.2, -0.15) is 5.10 Å². The van der Waals surface area contributed by atoms with Crippen molar-refractivity contribution in [1.82, 2.24) is 15.1 Å². The van der Waals surface area contributed by atoms with Gasteiger partial charge in [-0.3, -0.25) is 4.68 Å². The van der Waals surface area contributed by atoms with Gasteiger partial charge in [0.2, 0.25) is 0 Å². The van der Waals surface area contributed by atoms with Crippen molar-refractivity contribution in [3.05, 3.63) is 46.2 Å². The minimum Gasteiger partial charge on any atom is -0.335 e.